The van der Waals surface area contributed by atoms with Crippen LogP contribution in [-0.4, -0.2) is 12.6 Å². The molecular formula is C19H22N2O3. The Kier molecular flexibility index (Phi) is 4.99. The number of carbonyl (C=O) groups is 1. The van der Waals surface area contributed by atoms with Crippen LogP contribution in [0, 0.1) is 32.1 Å². The molecule has 1 heterocycles. The Balaban J connectivity index is 2.75. The normalized spacial score (nSPS) is 17.4. The molecule has 1 atom stereocenters. The molecule has 0 amide bonds. The maximum absolute atomic E-state index is 12.5. The summed E-state index contributed by atoms with van der Waals surface area (Å²) >= 11 is 0. The first kappa shape index (κ1) is 17.6. The van der Waals surface area contributed by atoms with E-state index in [1.54, 1.807) is 13.8 Å². The van der Waals surface area contributed by atoms with E-state index in [1.807, 2.05) is 32.9 Å². The van der Waals surface area contributed by atoms with E-state index in [1.165, 1.54) is 0 Å². The number of hydrogen-bond donors (Lipinski definition) is 1. The first-order chi connectivity index (χ1) is 11.3. The number of hydrogen-bond acceptors (Lipinski definition) is 5. The number of nitrogens with two attached hydrogens (primary N) is 1. The zero-order valence-electron chi connectivity index (χ0n) is 14.7. The summed E-state index contributed by atoms with van der Waals surface area (Å²) in [6.07, 6.45) is 0. The van der Waals surface area contributed by atoms with Crippen molar-refractivity contribution in [2.24, 2.45) is 5.73 Å². The molecule has 1 aromatic carbocycles. The van der Waals surface area contributed by atoms with Gasteiger partial charge in [-0.3, -0.25) is 0 Å². The molecule has 0 aliphatic carbocycles. The van der Waals surface area contributed by atoms with Crippen LogP contribution in [0.5, 0.6) is 0 Å². The van der Waals surface area contributed by atoms with E-state index in [0.29, 0.717) is 11.3 Å². The van der Waals surface area contributed by atoms with Crippen LogP contribution in [0.25, 0.3) is 0 Å². The summed E-state index contributed by atoms with van der Waals surface area (Å²) in [5.74, 6) is -0.662. The average Bonchev–Trinajstić information content (AvgIpc) is 2.46. The molecule has 0 bridgehead atoms. The highest BCUT2D eigenvalue weighted by Crippen LogP contribution is 2.42. The number of nitriles is 1. The fourth-order valence-electron chi connectivity index (χ4n) is 3.29. The van der Waals surface area contributed by atoms with E-state index in [4.69, 9.17) is 15.2 Å². The Morgan fingerprint density at radius 3 is 2.38 bits per heavy atom. The lowest BCUT2D eigenvalue weighted by atomic mass is 9.79. The minimum Gasteiger partial charge on any atom is -0.463 e. The zero-order chi connectivity index (χ0) is 18.0. The minimum absolute atomic E-state index is 0.0347. The molecule has 0 saturated heterocycles. The van der Waals surface area contributed by atoms with Crippen LogP contribution in [0.3, 0.4) is 0 Å². The quantitative estimate of drug-likeness (QED) is 0.862. The number of aryl methyl sites for hydroxylation is 3. The van der Waals surface area contributed by atoms with E-state index in [2.05, 4.69) is 6.07 Å². The van der Waals surface area contributed by atoms with E-state index in [-0.39, 0.29) is 18.1 Å². The fourth-order valence-corrected chi connectivity index (χ4v) is 3.29. The van der Waals surface area contributed by atoms with Gasteiger partial charge in [-0.1, -0.05) is 17.7 Å². The molecule has 0 spiro atoms. The molecule has 126 valence electrons. The smallest absolute Gasteiger partial charge is 0.338 e. The van der Waals surface area contributed by atoms with Crippen molar-refractivity contribution in [3.8, 4) is 6.07 Å². The molecule has 0 aromatic heterocycles. The van der Waals surface area contributed by atoms with Gasteiger partial charge in [-0.2, -0.15) is 5.26 Å². The van der Waals surface area contributed by atoms with Crippen LogP contribution in [0.4, 0.5) is 0 Å². The molecule has 0 fully saturated rings. The number of ether oxygens (including phenoxy) is 2. The van der Waals surface area contributed by atoms with Crippen LogP contribution in [0.1, 0.15) is 42.0 Å². The summed E-state index contributed by atoms with van der Waals surface area (Å²) in [6.45, 7) is 9.59. The van der Waals surface area contributed by atoms with Gasteiger partial charge in [0.05, 0.1) is 18.1 Å². The van der Waals surface area contributed by atoms with E-state index < -0.39 is 11.9 Å². The number of esters is 1. The van der Waals surface area contributed by atoms with Crippen molar-refractivity contribution in [2.45, 2.75) is 40.5 Å². The summed E-state index contributed by atoms with van der Waals surface area (Å²) in [4.78, 5) is 12.5. The van der Waals surface area contributed by atoms with Gasteiger partial charge in [-0.05, 0) is 51.3 Å². The van der Waals surface area contributed by atoms with Gasteiger partial charge in [0.1, 0.15) is 17.4 Å². The lowest BCUT2D eigenvalue weighted by Gasteiger charge is -2.29. The van der Waals surface area contributed by atoms with Crippen LogP contribution in [0.2, 0.25) is 0 Å². The predicted octanol–water partition coefficient (Wildman–Crippen LogP) is 3.26. The molecule has 1 aromatic rings. The average molecular weight is 326 g/mol. The fraction of sp³-hybridized carbons (Fsp3) is 0.368. The highest BCUT2D eigenvalue weighted by Gasteiger charge is 2.37. The van der Waals surface area contributed by atoms with Crippen LogP contribution < -0.4 is 5.73 Å². The maximum atomic E-state index is 12.5. The van der Waals surface area contributed by atoms with Crippen molar-refractivity contribution in [3.05, 3.63) is 57.2 Å². The van der Waals surface area contributed by atoms with E-state index >= 15 is 0 Å². The number of rotatable bonds is 3. The molecular weight excluding hydrogens is 304 g/mol. The lowest BCUT2D eigenvalue weighted by Crippen LogP contribution is -2.26. The summed E-state index contributed by atoms with van der Waals surface area (Å²) in [6, 6.07) is 6.16. The van der Waals surface area contributed by atoms with E-state index in [0.717, 1.165) is 22.3 Å². The van der Waals surface area contributed by atoms with Crippen LogP contribution in [-0.2, 0) is 14.3 Å². The first-order valence-corrected chi connectivity index (χ1v) is 7.85. The Morgan fingerprint density at radius 1 is 1.29 bits per heavy atom. The number of carbonyl (C=O) groups excluding carboxylic acids is 1. The second kappa shape index (κ2) is 6.79. The molecule has 2 N–H and O–H groups in total. The van der Waals surface area contributed by atoms with Crippen LogP contribution in [0.15, 0.2) is 34.9 Å². The highest BCUT2D eigenvalue weighted by molar-refractivity contribution is 5.92. The number of allylic oxidation sites excluding steroid dienone is 2. The van der Waals surface area contributed by atoms with Crippen LogP contribution >= 0.6 is 0 Å². The third kappa shape index (κ3) is 3.00. The molecule has 0 saturated carbocycles. The molecule has 2 rings (SSSR count). The summed E-state index contributed by atoms with van der Waals surface area (Å²) in [5.41, 5.74) is 10.5. The predicted molar refractivity (Wildman–Crippen MR) is 90.6 cm³/mol. The van der Waals surface area contributed by atoms with Crippen molar-refractivity contribution in [1.29, 1.82) is 5.26 Å². The molecule has 5 heteroatoms. The van der Waals surface area contributed by atoms with Crippen molar-refractivity contribution >= 4 is 5.97 Å². The van der Waals surface area contributed by atoms with Crippen molar-refractivity contribution in [3.63, 3.8) is 0 Å². The first-order valence-electron chi connectivity index (χ1n) is 7.85. The van der Waals surface area contributed by atoms with Crippen molar-refractivity contribution in [2.75, 3.05) is 6.61 Å². The summed E-state index contributed by atoms with van der Waals surface area (Å²) in [7, 11) is 0. The second-order valence-corrected chi connectivity index (χ2v) is 5.93. The lowest BCUT2D eigenvalue weighted by molar-refractivity contribution is -0.139. The Hall–Kier alpha value is -2.74. The molecule has 1 aliphatic heterocycles. The van der Waals surface area contributed by atoms with Gasteiger partial charge < -0.3 is 15.2 Å². The SMILES string of the molecule is CCOC(=O)C1=C(C)OC(N)=C(C#N)[C@H]1c1c(C)cc(C)cc1C. The molecule has 1 aliphatic rings. The van der Waals surface area contributed by atoms with Gasteiger partial charge in [0.2, 0.25) is 5.88 Å². The van der Waals surface area contributed by atoms with Crippen molar-refractivity contribution in [1.82, 2.24) is 0 Å². The maximum Gasteiger partial charge on any atom is 0.338 e. The van der Waals surface area contributed by atoms with Gasteiger partial charge in [0.15, 0.2) is 0 Å². The summed E-state index contributed by atoms with van der Waals surface area (Å²) in [5, 5.41) is 9.60. The number of benzene rings is 1. The number of nitrogens with zero attached hydrogens (tertiary/aromatic N) is 1. The topological polar surface area (TPSA) is 85.3 Å². The highest BCUT2D eigenvalue weighted by atomic mass is 16.5. The third-order valence-corrected chi connectivity index (χ3v) is 4.13. The third-order valence-electron chi connectivity index (χ3n) is 4.13. The van der Waals surface area contributed by atoms with Gasteiger partial charge in [0, 0.05) is 0 Å². The standard InChI is InChI=1S/C19H22N2O3/c1-6-23-19(22)16-13(5)24-18(21)14(9-20)17(16)15-11(3)7-10(2)8-12(15)4/h7-8,17H,6,21H2,1-5H3/t17-/m0/s1. The van der Waals surface area contributed by atoms with Gasteiger partial charge in [-0.25, -0.2) is 4.79 Å². The van der Waals surface area contributed by atoms with Gasteiger partial charge in [0.25, 0.3) is 0 Å². The van der Waals surface area contributed by atoms with E-state index in [9.17, 15) is 10.1 Å². The zero-order valence-corrected chi connectivity index (χ0v) is 14.7. The van der Waals surface area contributed by atoms with Crippen molar-refractivity contribution < 1.29 is 14.3 Å². The molecule has 24 heavy (non-hydrogen) atoms. The Bertz CT molecular complexity index is 774. The van der Waals surface area contributed by atoms with Gasteiger partial charge >= 0.3 is 5.97 Å². The second-order valence-electron chi connectivity index (χ2n) is 5.93. The molecule has 0 radical (unpaired) electrons. The monoisotopic (exact) mass is 326 g/mol. The Morgan fingerprint density at radius 2 is 1.88 bits per heavy atom. The summed E-state index contributed by atoms with van der Waals surface area (Å²) < 4.78 is 10.6. The van der Waals surface area contributed by atoms with Gasteiger partial charge in [-0.15, -0.1) is 0 Å². The molecule has 0 unspecified atom stereocenters. The Labute approximate surface area is 142 Å². The minimum atomic E-state index is -0.580. The molecule has 5 nitrogen and oxygen atoms in total. The largest absolute Gasteiger partial charge is 0.463 e.